The monoisotopic (exact) mass is 333 g/mol. The zero-order valence-corrected chi connectivity index (χ0v) is 13.9. The number of methoxy groups -OCH3 is 1. The Morgan fingerprint density at radius 3 is 2.20 bits per heavy atom. The highest BCUT2D eigenvalue weighted by atomic mass is 79.9. The van der Waals surface area contributed by atoms with Crippen LogP contribution in [-0.4, -0.2) is 14.2 Å². The van der Waals surface area contributed by atoms with Crippen molar-refractivity contribution in [3.05, 3.63) is 63.1 Å². The summed E-state index contributed by atoms with van der Waals surface area (Å²) >= 11 is 3.55. The van der Waals surface area contributed by atoms with Crippen LogP contribution in [0.5, 0.6) is 5.75 Å². The Balaban J connectivity index is 2.41. The SMILES string of the molecule is CNC(c1ccc(C)c(C)c1)c1ccc(OC)c(Br)c1. The molecule has 1 N–H and O–H groups in total. The van der Waals surface area contributed by atoms with Gasteiger partial charge in [0.25, 0.3) is 0 Å². The van der Waals surface area contributed by atoms with Crippen molar-refractivity contribution < 1.29 is 4.74 Å². The number of nitrogens with one attached hydrogen (secondary N) is 1. The highest BCUT2D eigenvalue weighted by molar-refractivity contribution is 9.10. The normalized spacial score (nSPS) is 12.2. The van der Waals surface area contributed by atoms with Gasteiger partial charge in [-0.1, -0.05) is 24.3 Å². The summed E-state index contributed by atoms with van der Waals surface area (Å²) in [7, 11) is 3.66. The quantitative estimate of drug-likeness (QED) is 0.896. The van der Waals surface area contributed by atoms with Crippen LogP contribution in [0.25, 0.3) is 0 Å². The molecule has 3 heteroatoms. The lowest BCUT2D eigenvalue weighted by Gasteiger charge is -2.19. The molecule has 2 nitrogen and oxygen atoms in total. The Labute approximate surface area is 129 Å². The Morgan fingerprint density at radius 1 is 1.00 bits per heavy atom. The molecule has 0 bridgehead atoms. The molecule has 0 fully saturated rings. The van der Waals surface area contributed by atoms with Gasteiger partial charge in [0.15, 0.2) is 0 Å². The summed E-state index contributed by atoms with van der Waals surface area (Å²) in [6.07, 6.45) is 0. The van der Waals surface area contributed by atoms with Crippen molar-refractivity contribution in [3.8, 4) is 5.75 Å². The maximum atomic E-state index is 5.29. The van der Waals surface area contributed by atoms with Crippen LogP contribution in [0.2, 0.25) is 0 Å². The summed E-state index contributed by atoms with van der Waals surface area (Å²) in [5.74, 6) is 0.851. The van der Waals surface area contributed by atoms with Crippen molar-refractivity contribution in [2.24, 2.45) is 0 Å². The predicted molar refractivity (Wildman–Crippen MR) is 87.5 cm³/mol. The third kappa shape index (κ3) is 3.05. The van der Waals surface area contributed by atoms with Gasteiger partial charge in [0.1, 0.15) is 5.75 Å². The van der Waals surface area contributed by atoms with Crippen LogP contribution in [0.3, 0.4) is 0 Å². The molecule has 1 unspecified atom stereocenters. The fourth-order valence-electron chi connectivity index (χ4n) is 2.33. The minimum absolute atomic E-state index is 0.177. The fourth-order valence-corrected chi connectivity index (χ4v) is 2.89. The summed E-state index contributed by atoms with van der Waals surface area (Å²) < 4.78 is 6.26. The summed E-state index contributed by atoms with van der Waals surface area (Å²) in [4.78, 5) is 0. The Hall–Kier alpha value is -1.32. The second kappa shape index (κ2) is 6.42. The first kappa shape index (κ1) is 15.1. The van der Waals surface area contributed by atoms with Crippen LogP contribution in [0.4, 0.5) is 0 Å². The molecule has 20 heavy (non-hydrogen) atoms. The largest absolute Gasteiger partial charge is 0.496 e. The molecule has 2 aromatic carbocycles. The maximum Gasteiger partial charge on any atom is 0.133 e. The Morgan fingerprint density at radius 2 is 1.65 bits per heavy atom. The lowest BCUT2D eigenvalue weighted by molar-refractivity contribution is 0.412. The zero-order valence-electron chi connectivity index (χ0n) is 12.3. The van der Waals surface area contributed by atoms with Crippen LogP contribution in [0.1, 0.15) is 28.3 Å². The zero-order chi connectivity index (χ0) is 14.7. The molecule has 1 atom stereocenters. The van der Waals surface area contributed by atoms with Crippen LogP contribution < -0.4 is 10.1 Å². The molecule has 0 aliphatic rings. The second-order valence-corrected chi connectivity index (χ2v) is 5.81. The van der Waals surface area contributed by atoms with Gasteiger partial charge in [0.05, 0.1) is 17.6 Å². The first-order chi connectivity index (χ1) is 9.56. The number of ether oxygens (including phenoxy) is 1. The van der Waals surface area contributed by atoms with E-state index in [1.807, 2.05) is 13.1 Å². The second-order valence-electron chi connectivity index (χ2n) is 4.96. The minimum Gasteiger partial charge on any atom is -0.496 e. The van der Waals surface area contributed by atoms with E-state index in [1.165, 1.54) is 22.3 Å². The Kier molecular flexibility index (Phi) is 4.84. The molecule has 0 heterocycles. The first-order valence-electron chi connectivity index (χ1n) is 6.64. The average Bonchev–Trinajstić information content (AvgIpc) is 2.44. The molecule has 0 spiro atoms. The van der Waals surface area contributed by atoms with E-state index in [-0.39, 0.29) is 6.04 Å². The molecule has 2 aromatic rings. The molecule has 0 saturated heterocycles. The van der Waals surface area contributed by atoms with Gasteiger partial charge in [-0.05, 0) is 71.2 Å². The number of halogens is 1. The summed E-state index contributed by atoms with van der Waals surface area (Å²) in [6.45, 7) is 4.28. The van der Waals surface area contributed by atoms with Gasteiger partial charge in [-0.3, -0.25) is 0 Å². The van der Waals surface area contributed by atoms with Gasteiger partial charge in [-0.15, -0.1) is 0 Å². The molecular weight excluding hydrogens is 314 g/mol. The van der Waals surface area contributed by atoms with E-state index in [9.17, 15) is 0 Å². The van der Waals surface area contributed by atoms with Crippen molar-refractivity contribution in [2.75, 3.05) is 14.2 Å². The lowest BCUT2D eigenvalue weighted by Crippen LogP contribution is -2.17. The van der Waals surface area contributed by atoms with Crippen molar-refractivity contribution in [2.45, 2.75) is 19.9 Å². The number of aryl methyl sites for hydroxylation is 2. The molecule has 106 valence electrons. The van der Waals surface area contributed by atoms with Gasteiger partial charge >= 0.3 is 0 Å². The number of hydrogen-bond acceptors (Lipinski definition) is 2. The van der Waals surface area contributed by atoms with Crippen LogP contribution in [0.15, 0.2) is 40.9 Å². The standard InChI is InChI=1S/C17H20BrNO/c1-11-5-6-13(9-12(11)2)17(19-3)14-7-8-16(20-4)15(18)10-14/h5-10,17,19H,1-4H3. The molecular formula is C17H20BrNO. The third-order valence-corrected chi connectivity index (χ3v) is 4.28. The minimum atomic E-state index is 0.177. The highest BCUT2D eigenvalue weighted by Crippen LogP contribution is 2.31. The van der Waals surface area contributed by atoms with E-state index < -0.39 is 0 Å². The van der Waals surface area contributed by atoms with Crippen molar-refractivity contribution in [1.29, 1.82) is 0 Å². The predicted octanol–water partition coefficient (Wildman–Crippen LogP) is 4.38. The molecule has 0 saturated carbocycles. The van der Waals surface area contributed by atoms with Crippen molar-refractivity contribution in [3.63, 3.8) is 0 Å². The van der Waals surface area contributed by atoms with E-state index in [4.69, 9.17) is 4.74 Å². The lowest BCUT2D eigenvalue weighted by atomic mass is 9.96. The van der Waals surface area contributed by atoms with Gasteiger partial charge in [-0.2, -0.15) is 0 Å². The number of rotatable bonds is 4. The Bertz CT molecular complexity index is 610. The van der Waals surface area contributed by atoms with Crippen LogP contribution >= 0.6 is 15.9 Å². The van der Waals surface area contributed by atoms with Gasteiger partial charge in [0, 0.05) is 0 Å². The smallest absolute Gasteiger partial charge is 0.133 e. The molecule has 0 aliphatic heterocycles. The molecule has 0 aromatic heterocycles. The third-order valence-electron chi connectivity index (χ3n) is 3.66. The summed E-state index contributed by atoms with van der Waals surface area (Å²) in [5.41, 5.74) is 5.12. The van der Waals surface area contributed by atoms with E-state index >= 15 is 0 Å². The molecule has 2 rings (SSSR count). The van der Waals surface area contributed by atoms with Gasteiger partial charge in [0.2, 0.25) is 0 Å². The summed E-state index contributed by atoms with van der Waals surface area (Å²) in [6, 6.07) is 13.0. The van der Waals surface area contributed by atoms with E-state index in [0.29, 0.717) is 0 Å². The molecule has 0 aliphatic carbocycles. The highest BCUT2D eigenvalue weighted by Gasteiger charge is 2.14. The number of benzene rings is 2. The van der Waals surface area contributed by atoms with E-state index in [0.717, 1.165) is 10.2 Å². The molecule has 0 amide bonds. The van der Waals surface area contributed by atoms with Crippen molar-refractivity contribution in [1.82, 2.24) is 5.32 Å². The molecule has 0 radical (unpaired) electrons. The van der Waals surface area contributed by atoms with Crippen LogP contribution in [0, 0.1) is 13.8 Å². The van der Waals surface area contributed by atoms with E-state index in [2.05, 4.69) is 65.4 Å². The van der Waals surface area contributed by atoms with Gasteiger partial charge < -0.3 is 10.1 Å². The van der Waals surface area contributed by atoms with Gasteiger partial charge in [-0.25, -0.2) is 0 Å². The van der Waals surface area contributed by atoms with Crippen LogP contribution in [-0.2, 0) is 0 Å². The number of hydrogen-bond donors (Lipinski definition) is 1. The first-order valence-corrected chi connectivity index (χ1v) is 7.44. The summed E-state index contributed by atoms with van der Waals surface area (Å²) in [5, 5.41) is 3.38. The van der Waals surface area contributed by atoms with Crippen molar-refractivity contribution >= 4 is 15.9 Å². The topological polar surface area (TPSA) is 21.3 Å². The van der Waals surface area contributed by atoms with E-state index in [1.54, 1.807) is 7.11 Å². The maximum absolute atomic E-state index is 5.29. The fraction of sp³-hybridized carbons (Fsp3) is 0.294. The average molecular weight is 334 g/mol.